The van der Waals surface area contributed by atoms with Gasteiger partial charge in [0, 0.05) is 34.6 Å². The van der Waals surface area contributed by atoms with E-state index in [2.05, 4.69) is 9.97 Å². The van der Waals surface area contributed by atoms with E-state index >= 15 is 0 Å². The van der Waals surface area contributed by atoms with Crippen molar-refractivity contribution in [1.29, 1.82) is 0 Å². The first-order valence-electron chi connectivity index (χ1n) is 10.5. The number of hydrogen-bond donors (Lipinski definition) is 0. The molecule has 1 atom stereocenters. The zero-order valence-corrected chi connectivity index (χ0v) is 18.9. The monoisotopic (exact) mass is 478 g/mol. The summed E-state index contributed by atoms with van der Waals surface area (Å²) in [4.78, 5) is 13.1. The molecular weight excluding hydrogens is 459 g/mol. The normalized spacial score (nSPS) is 17.7. The quantitative estimate of drug-likeness (QED) is 0.347. The molecule has 0 N–H and O–H groups in total. The van der Waals surface area contributed by atoms with Crippen LogP contribution in [-0.2, 0) is 17.0 Å². The number of rotatable bonds is 7. The van der Waals surface area contributed by atoms with Crippen molar-refractivity contribution < 1.29 is 18.3 Å². The average molecular weight is 479 g/mol. The molecular formula is C25H20ClFN4O3. The second-order valence-corrected chi connectivity index (χ2v) is 8.32. The molecule has 7 nitrogen and oxygen atoms in total. The Morgan fingerprint density at radius 3 is 2.82 bits per heavy atom. The number of oxazole rings is 1. The summed E-state index contributed by atoms with van der Waals surface area (Å²) in [7, 11) is 0. The number of imidazole rings is 1. The van der Waals surface area contributed by atoms with Crippen LogP contribution < -0.4 is 4.74 Å². The van der Waals surface area contributed by atoms with Crippen LogP contribution in [0.25, 0.3) is 12.2 Å². The molecule has 1 aliphatic rings. The maximum Gasteiger partial charge on any atom is 0.218 e. The molecule has 34 heavy (non-hydrogen) atoms. The zero-order valence-electron chi connectivity index (χ0n) is 18.2. The lowest BCUT2D eigenvalue weighted by atomic mass is 10.2. The minimum Gasteiger partial charge on any atom is -0.487 e. The molecule has 172 valence electrons. The molecule has 4 aromatic rings. The van der Waals surface area contributed by atoms with Crippen LogP contribution in [0, 0.1) is 5.82 Å². The summed E-state index contributed by atoms with van der Waals surface area (Å²) >= 11 is 5.77. The standard InChI is InChI=1S/C25H20ClFN4O3/c1-25(31-11-10-28-16-31)15-34-24(30-25)18-3-7-21(8-4-18)32-13-20-14-33-23(29-20)9-5-17-2-6-19(26)12-22(17)27/h2-12,14,16H,13,15H2,1H3/b9-5+. The van der Waals surface area contributed by atoms with E-state index in [-0.39, 0.29) is 6.61 Å². The van der Waals surface area contributed by atoms with Crippen molar-refractivity contribution in [2.45, 2.75) is 19.2 Å². The Morgan fingerprint density at radius 1 is 1.21 bits per heavy atom. The van der Waals surface area contributed by atoms with Gasteiger partial charge in [-0.1, -0.05) is 17.7 Å². The Bertz CT molecular complexity index is 1350. The van der Waals surface area contributed by atoms with Gasteiger partial charge in [-0.15, -0.1) is 0 Å². The number of benzene rings is 2. The molecule has 5 rings (SSSR count). The highest BCUT2D eigenvalue weighted by Gasteiger charge is 2.33. The highest BCUT2D eigenvalue weighted by Crippen LogP contribution is 2.27. The predicted molar refractivity (Wildman–Crippen MR) is 126 cm³/mol. The summed E-state index contributed by atoms with van der Waals surface area (Å²) in [5.74, 6) is 1.18. The molecule has 2 aromatic heterocycles. The van der Waals surface area contributed by atoms with Crippen LogP contribution in [0.4, 0.5) is 4.39 Å². The fraction of sp³-hybridized carbons (Fsp3) is 0.160. The lowest BCUT2D eigenvalue weighted by Gasteiger charge is -2.19. The van der Waals surface area contributed by atoms with E-state index in [1.807, 2.05) is 42.0 Å². The lowest BCUT2D eigenvalue weighted by molar-refractivity contribution is 0.211. The van der Waals surface area contributed by atoms with Crippen LogP contribution in [0.3, 0.4) is 0 Å². The maximum atomic E-state index is 13.9. The van der Waals surface area contributed by atoms with Gasteiger partial charge in [0.25, 0.3) is 0 Å². The Balaban J connectivity index is 1.19. The second kappa shape index (κ2) is 9.15. The summed E-state index contributed by atoms with van der Waals surface area (Å²) in [5, 5.41) is 0.343. The number of hydrogen-bond acceptors (Lipinski definition) is 6. The number of nitrogens with zero attached hydrogens (tertiary/aromatic N) is 4. The molecule has 0 fully saturated rings. The second-order valence-electron chi connectivity index (χ2n) is 7.88. The van der Waals surface area contributed by atoms with Gasteiger partial charge in [0.05, 0.1) is 6.33 Å². The van der Waals surface area contributed by atoms with E-state index in [0.717, 1.165) is 5.56 Å². The minimum atomic E-state index is -0.514. The first-order valence-corrected chi connectivity index (χ1v) is 10.9. The van der Waals surface area contributed by atoms with Crippen molar-refractivity contribution in [3.8, 4) is 5.75 Å². The van der Waals surface area contributed by atoms with E-state index < -0.39 is 11.5 Å². The van der Waals surface area contributed by atoms with E-state index in [0.29, 0.717) is 40.4 Å². The molecule has 0 spiro atoms. The van der Waals surface area contributed by atoms with Gasteiger partial charge in [-0.25, -0.2) is 19.4 Å². The topological polar surface area (TPSA) is 74.7 Å². The summed E-state index contributed by atoms with van der Waals surface area (Å²) in [6.45, 7) is 2.65. The Hall–Kier alpha value is -3.91. The zero-order chi connectivity index (χ0) is 23.5. The Kier molecular flexibility index (Phi) is 5.90. The minimum absolute atomic E-state index is 0.224. The SMILES string of the molecule is CC1(n2ccnc2)COC(c2ccc(OCc3coc(/C=C/c4ccc(Cl)cc4F)n3)cc2)=N1. The fourth-order valence-corrected chi connectivity index (χ4v) is 3.59. The molecule has 1 aliphatic heterocycles. The van der Waals surface area contributed by atoms with Crippen LogP contribution in [0.1, 0.15) is 29.6 Å². The van der Waals surface area contributed by atoms with E-state index in [9.17, 15) is 4.39 Å². The van der Waals surface area contributed by atoms with Gasteiger partial charge >= 0.3 is 0 Å². The lowest BCUT2D eigenvalue weighted by Crippen LogP contribution is -2.27. The summed E-state index contributed by atoms with van der Waals surface area (Å²) < 4.78 is 32.8. The van der Waals surface area contributed by atoms with Gasteiger partial charge in [-0.05, 0) is 49.4 Å². The van der Waals surface area contributed by atoms with Crippen molar-refractivity contribution >= 4 is 29.7 Å². The molecule has 3 heterocycles. The molecule has 0 aliphatic carbocycles. The molecule has 0 amide bonds. The van der Waals surface area contributed by atoms with Crippen LogP contribution in [0.2, 0.25) is 5.02 Å². The van der Waals surface area contributed by atoms with Crippen molar-refractivity contribution in [1.82, 2.24) is 14.5 Å². The molecule has 0 saturated heterocycles. The largest absolute Gasteiger partial charge is 0.487 e. The maximum absolute atomic E-state index is 13.9. The van der Waals surface area contributed by atoms with E-state index in [1.54, 1.807) is 36.8 Å². The van der Waals surface area contributed by atoms with Crippen LogP contribution in [-0.4, -0.2) is 27.0 Å². The van der Waals surface area contributed by atoms with Gasteiger partial charge in [0.1, 0.15) is 36.7 Å². The van der Waals surface area contributed by atoms with E-state index in [4.69, 9.17) is 30.5 Å². The van der Waals surface area contributed by atoms with Crippen molar-refractivity contribution in [2.24, 2.45) is 4.99 Å². The summed E-state index contributed by atoms with van der Waals surface area (Å²) in [5.41, 5.74) is 1.35. The Morgan fingerprint density at radius 2 is 2.06 bits per heavy atom. The predicted octanol–water partition coefficient (Wildman–Crippen LogP) is 5.56. The number of aromatic nitrogens is 3. The molecule has 1 unspecified atom stereocenters. The van der Waals surface area contributed by atoms with Gasteiger partial charge in [0.2, 0.25) is 11.8 Å². The van der Waals surface area contributed by atoms with Crippen molar-refractivity contribution in [3.63, 3.8) is 0 Å². The van der Waals surface area contributed by atoms with Gasteiger partial charge in [-0.3, -0.25) is 0 Å². The molecule has 9 heteroatoms. The summed E-state index contributed by atoms with van der Waals surface area (Å²) in [6.07, 6.45) is 9.99. The van der Waals surface area contributed by atoms with Gasteiger partial charge in [-0.2, -0.15) is 0 Å². The molecule has 0 bridgehead atoms. The first kappa shape index (κ1) is 21.9. The molecule has 0 saturated carbocycles. The number of ether oxygens (including phenoxy) is 2. The summed E-state index contributed by atoms with van der Waals surface area (Å²) in [6, 6.07) is 11.9. The Labute approximate surface area is 200 Å². The van der Waals surface area contributed by atoms with E-state index in [1.165, 1.54) is 12.3 Å². The first-order chi connectivity index (χ1) is 16.5. The average Bonchev–Trinajstić information content (AvgIpc) is 3.59. The third kappa shape index (κ3) is 4.72. The van der Waals surface area contributed by atoms with Crippen LogP contribution in [0.15, 0.2) is 76.9 Å². The van der Waals surface area contributed by atoms with Gasteiger partial charge < -0.3 is 18.5 Å². The number of aliphatic imine (C=N–C) groups is 1. The fourth-order valence-electron chi connectivity index (χ4n) is 3.43. The highest BCUT2D eigenvalue weighted by molar-refractivity contribution is 6.30. The van der Waals surface area contributed by atoms with Crippen LogP contribution >= 0.6 is 11.6 Å². The number of halogens is 2. The third-order valence-corrected chi connectivity index (χ3v) is 5.55. The smallest absolute Gasteiger partial charge is 0.218 e. The highest BCUT2D eigenvalue weighted by atomic mass is 35.5. The molecule has 2 aromatic carbocycles. The third-order valence-electron chi connectivity index (χ3n) is 5.31. The van der Waals surface area contributed by atoms with Crippen LogP contribution in [0.5, 0.6) is 5.75 Å². The molecule has 0 radical (unpaired) electrons. The van der Waals surface area contributed by atoms with Crippen molar-refractivity contribution in [3.05, 3.63) is 101 Å². The van der Waals surface area contributed by atoms with Crippen molar-refractivity contribution in [2.75, 3.05) is 6.61 Å². The van der Waals surface area contributed by atoms with Gasteiger partial charge in [0.15, 0.2) is 5.66 Å².